The Balaban J connectivity index is 0.718. The first-order valence-corrected chi connectivity index (χ1v) is 27.9. The summed E-state index contributed by atoms with van der Waals surface area (Å²) >= 11 is 0. The third-order valence-corrected chi connectivity index (χ3v) is 15.1. The van der Waals surface area contributed by atoms with E-state index >= 15 is 0 Å². The molecule has 416 valence electrons. The predicted octanol–water partition coefficient (Wildman–Crippen LogP) is 9.54. The Morgan fingerprint density at radius 2 is 0.861 bits per heavy atom. The molecule has 0 aliphatic rings. The second kappa shape index (κ2) is 26.0. The van der Waals surface area contributed by atoms with Crippen molar-refractivity contribution >= 4 is 101 Å². The third-order valence-electron chi connectivity index (χ3n) is 15.1. The lowest BCUT2D eigenvalue weighted by Gasteiger charge is -2.15. The van der Waals surface area contributed by atoms with Gasteiger partial charge in [0.05, 0.1) is 5.69 Å². The predicted molar refractivity (Wildman–Crippen MR) is 324 cm³/mol. The molecule has 0 radical (unpaired) electrons. The highest BCUT2D eigenvalue weighted by molar-refractivity contribution is 6.05. The second-order valence-electron chi connectivity index (χ2n) is 21.8. The number of aromatic nitrogens is 4. The van der Waals surface area contributed by atoms with Crippen molar-refractivity contribution in [2.45, 2.75) is 83.7 Å². The van der Waals surface area contributed by atoms with Crippen molar-refractivity contribution in [3.8, 4) is 0 Å². The standard InChI is InChI=1S/C63H80N12O4/c1-68(2)49-26-22-44-36-45-23-27-50(69(3)4)40-55(45)74(54(44)39-49)34-18-11-14-20-60(76)64-32-16-13-17-33-65-62(78)53-30-31-59(73(53)10)67-63(79)58-38-48(43-72(58)9)66-61(77)21-15-12-19-35-75-56-41-51(70(5)6)28-24-46(56)37-47-25-29-52(71(7)8)42-57(47)75/h22-31,36-43H,11-21,32-35H2,1-10H3,(H2-2,64,65,66,67,76,77,78,79)/p+2. The minimum atomic E-state index is -0.361. The lowest BCUT2D eigenvalue weighted by Crippen LogP contribution is -2.36. The van der Waals surface area contributed by atoms with E-state index in [2.05, 4.69) is 191 Å². The van der Waals surface area contributed by atoms with Crippen LogP contribution in [0.5, 0.6) is 0 Å². The normalized spacial score (nSPS) is 11.4. The number of carbonyl (C=O) groups is 4. The van der Waals surface area contributed by atoms with E-state index in [1.54, 1.807) is 47.6 Å². The van der Waals surface area contributed by atoms with Gasteiger partial charge in [0.25, 0.3) is 11.8 Å². The van der Waals surface area contributed by atoms with Gasteiger partial charge in [-0.25, -0.2) is 0 Å². The minimum Gasteiger partial charge on any atom is -0.377 e. The van der Waals surface area contributed by atoms with E-state index in [9.17, 15) is 19.2 Å². The first-order valence-electron chi connectivity index (χ1n) is 27.9. The first kappa shape index (κ1) is 57.0. The number of fused-ring (bicyclic) bond motifs is 4. The first-order chi connectivity index (χ1) is 37.9. The Hall–Kier alpha value is -8.14. The van der Waals surface area contributed by atoms with Crippen molar-refractivity contribution < 1.29 is 28.3 Å². The van der Waals surface area contributed by atoms with Crippen molar-refractivity contribution in [1.82, 2.24) is 19.8 Å². The highest BCUT2D eigenvalue weighted by Gasteiger charge is 2.22. The van der Waals surface area contributed by atoms with E-state index in [-0.39, 0.29) is 23.6 Å². The van der Waals surface area contributed by atoms with E-state index in [1.807, 2.05) is 0 Å². The van der Waals surface area contributed by atoms with Crippen LogP contribution >= 0.6 is 0 Å². The zero-order valence-electron chi connectivity index (χ0n) is 48.2. The number of nitrogens with zero attached hydrogens (tertiary/aromatic N) is 8. The van der Waals surface area contributed by atoms with Gasteiger partial charge in [-0.05, 0) is 124 Å². The van der Waals surface area contributed by atoms with Crippen molar-refractivity contribution in [1.29, 1.82) is 0 Å². The molecule has 8 aromatic rings. The van der Waals surface area contributed by atoms with Gasteiger partial charge in [-0.2, -0.15) is 9.13 Å². The number of nitrogens with one attached hydrogen (secondary N) is 4. The monoisotopic (exact) mass is 1070 g/mol. The van der Waals surface area contributed by atoms with Crippen LogP contribution in [0.2, 0.25) is 0 Å². The van der Waals surface area contributed by atoms with Crippen LogP contribution in [0, 0.1) is 0 Å². The van der Waals surface area contributed by atoms with Crippen LogP contribution in [-0.2, 0) is 36.8 Å². The van der Waals surface area contributed by atoms with Crippen LogP contribution in [0.3, 0.4) is 0 Å². The van der Waals surface area contributed by atoms with E-state index in [1.165, 1.54) is 55.0 Å². The maximum absolute atomic E-state index is 13.5. The molecule has 0 unspecified atom stereocenters. The Bertz CT molecular complexity index is 3350. The van der Waals surface area contributed by atoms with Crippen LogP contribution in [0.1, 0.15) is 91.6 Å². The SMILES string of the molecule is CN(C)c1ccc2cc3ccc(N(C)C)cc3[n+](CCCCCC(=O)NCCCCCNC(=O)c3ccc(NC(=O)c4cc(NC(=O)CCCCC[n+]5c6cc(N(C)C)ccc6cc6ccc(N(C)C)cc65)cn4C)n3C)c2c1. The lowest BCUT2D eigenvalue weighted by atomic mass is 10.1. The maximum atomic E-state index is 13.5. The van der Waals surface area contributed by atoms with Crippen LogP contribution in [0.4, 0.5) is 34.3 Å². The van der Waals surface area contributed by atoms with Gasteiger partial charge in [-0.1, -0.05) is 0 Å². The summed E-state index contributed by atoms with van der Waals surface area (Å²) < 4.78 is 8.19. The number of amides is 4. The zero-order valence-corrected chi connectivity index (χ0v) is 48.2. The fraction of sp³-hybridized carbons (Fsp3) is 0.397. The molecule has 0 aliphatic carbocycles. The van der Waals surface area contributed by atoms with Crippen LogP contribution < -0.4 is 50.0 Å². The second-order valence-corrected chi connectivity index (χ2v) is 21.8. The van der Waals surface area contributed by atoms with Crippen LogP contribution in [-0.4, -0.2) is 102 Å². The van der Waals surface area contributed by atoms with Gasteiger partial charge < -0.3 is 50.0 Å². The number of anilines is 6. The Labute approximate surface area is 465 Å². The molecule has 0 saturated heterocycles. The molecule has 4 aromatic heterocycles. The zero-order chi connectivity index (χ0) is 56.3. The number of benzene rings is 4. The number of unbranched alkanes of at least 4 members (excludes halogenated alkanes) is 6. The van der Waals surface area contributed by atoms with E-state index in [0.29, 0.717) is 48.8 Å². The summed E-state index contributed by atoms with van der Waals surface area (Å²) in [5.74, 6) is -0.152. The molecule has 79 heavy (non-hydrogen) atoms. The summed E-state index contributed by atoms with van der Waals surface area (Å²) in [6.07, 6.45) is 10.3. The van der Waals surface area contributed by atoms with E-state index < -0.39 is 0 Å². The molecule has 4 N–H and O–H groups in total. The van der Waals surface area contributed by atoms with Crippen molar-refractivity contribution in [3.63, 3.8) is 0 Å². The molecular formula is C63H82N12O4+2. The molecule has 0 spiro atoms. The molecule has 16 nitrogen and oxygen atoms in total. The molecule has 0 bridgehead atoms. The van der Waals surface area contributed by atoms with Gasteiger partial charge in [0.15, 0.2) is 0 Å². The summed E-state index contributed by atoms with van der Waals surface area (Å²) in [6.45, 7) is 2.78. The van der Waals surface area contributed by atoms with Gasteiger partial charge >= 0.3 is 0 Å². The largest absolute Gasteiger partial charge is 0.377 e. The quantitative estimate of drug-likeness (QED) is 0.0238. The molecule has 0 atom stereocenters. The molecule has 0 saturated carbocycles. The highest BCUT2D eigenvalue weighted by atomic mass is 16.2. The van der Waals surface area contributed by atoms with Crippen molar-refractivity contribution in [2.24, 2.45) is 14.1 Å². The molecule has 0 aliphatic heterocycles. The van der Waals surface area contributed by atoms with Gasteiger partial charge in [0, 0.05) is 184 Å². The summed E-state index contributed by atoms with van der Waals surface area (Å²) in [4.78, 5) is 61.0. The molecule has 4 aromatic carbocycles. The van der Waals surface area contributed by atoms with Crippen molar-refractivity contribution in [3.05, 3.63) is 121 Å². The summed E-state index contributed by atoms with van der Waals surface area (Å²) in [5.41, 5.74) is 10.8. The average molecular weight is 1070 g/mol. The molecule has 4 amide bonds. The summed E-state index contributed by atoms with van der Waals surface area (Å²) in [6, 6.07) is 36.1. The van der Waals surface area contributed by atoms with Crippen molar-refractivity contribution in [2.75, 3.05) is 99.7 Å². The molecule has 0 fully saturated rings. The number of aryl methyl sites for hydroxylation is 3. The number of pyridine rings is 2. The Kier molecular flexibility index (Phi) is 18.8. The Morgan fingerprint density at radius 3 is 1.32 bits per heavy atom. The van der Waals surface area contributed by atoms with E-state index in [0.717, 1.165) is 82.3 Å². The number of hydrogen-bond donors (Lipinski definition) is 4. The average Bonchev–Trinajstić information content (AvgIpc) is 4.13. The lowest BCUT2D eigenvalue weighted by molar-refractivity contribution is -0.646. The highest BCUT2D eigenvalue weighted by Crippen LogP contribution is 2.28. The fourth-order valence-corrected chi connectivity index (χ4v) is 10.4. The number of rotatable bonds is 26. The van der Waals surface area contributed by atoms with E-state index in [4.69, 9.17) is 0 Å². The molecular weight excluding hydrogens is 989 g/mol. The maximum Gasteiger partial charge on any atom is 0.273 e. The Morgan fingerprint density at radius 1 is 0.430 bits per heavy atom. The minimum absolute atomic E-state index is 0.0752. The number of hydrogen-bond acceptors (Lipinski definition) is 8. The van der Waals surface area contributed by atoms with Gasteiger partial charge in [-0.3, -0.25) is 19.2 Å². The molecule has 4 heterocycles. The van der Waals surface area contributed by atoms with Gasteiger partial charge in [-0.15, -0.1) is 0 Å². The summed E-state index contributed by atoms with van der Waals surface area (Å²) in [5, 5.41) is 16.8. The summed E-state index contributed by atoms with van der Waals surface area (Å²) in [7, 11) is 20.0. The third kappa shape index (κ3) is 14.1. The number of carbonyl (C=O) groups excluding carboxylic acids is 4. The van der Waals surface area contributed by atoms with Crippen LogP contribution in [0.25, 0.3) is 43.6 Å². The molecule has 8 rings (SSSR count). The molecule has 16 heteroatoms. The fourth-order valence-electron chi connectivity index (χ4n) is 10.4. The van der Waals surface area contributed by atoms with Crippen LogP contribution in [0.15, 0.2) is 109 Å². The smallest absolute Gasteiger partial charge is 0.273 e. The topological polar surface area (TPSA) is 147 Å². The van der Waals surface area contributed by atoms with Gasteiger partial charge in [0.1, 0.15) is 30.3 Å². The van der Waals surface area contributed by atoms with Gasteiger partial charge in [0.2, 0.25) is 33.9 Å².